The number of aromatic amines is 1. The van der Waals surface area contributed by atoms with Crippen molar-refractivity contribution in [1.82, 2.24) is 19.9 Å². The lowest BCUT2D eigenvalue weighted by Crippen LogP contribution is -2.16. The van der Waals surface area contributed by atoms with Crippen LogP contribution < -0.4 is 10.3 Å². The molecule has 0 spiro atoms. The standard InChI is InChI=1S/C15H18N5O4P/c1-10(7-12-19-14(16)13-15(20-12)18-8-17-13)23-9-25(21,22)24-11-5-3-2-4-6-11/h2-6,8,10H,7,9H2,1H3,(H,21,22)(H3,16,17,18,19,20)/t10-/m1/s1. The number of nitrogens with zero attached hydrogens (tertiary/aromatic N) is 3. The molecule has 0 amide bonds. The molecule has 25 heavy (non-hydrogen) atoms. The van der Waals surface area contributed by atoms with Crippen LogP contribution in [0.2, 0.25) is 0 Å². The molecule has 3 aromatic rings. The van der Waals surface area contributed by atoms with Crippen molar-refractivity contribution in [3.05, 3.63) is 42.5 Å². The van der Waals surface area contributed by atoms with E-state index in [1.54, 1.807) is 37.3 Å². The first-order chi connectivity index (χ1) is 11.9. The summed E-state index contributed by atoms with van der Waals surface area (Å²) in [4.78, 5) is 25.2. The summed E-state index contributed by atoms with van der Waals surface area (Å²) in [6.45, 7) is 1.75. The third-order valence-electron chi connectivity index (χ3n) is 3.34. The van der Waals surface area contributed by atoms with Crippen molar-refractivity contribution < 1.29 is 18.7 Å². The van der Waals surface area contributed by atoms with Crippen molar-refractivity contribution >= 4 is 24.6 Å². The first-order valence-corrected chi connectivity index (χ1v) is 9.33. The largest absolute Gasteiger partial charge is 0.423 e. The monoisotopic (exact) mass is 363 g/mol. The Balaban J connectivity index is 1.58. The SMILES string of the molecule is C[C@H](Cc1nc(N)c2[nH]cnc2n1)OCP(=O)(O)Oc1ccccc1. The summed E-state index contributed by atoms with van der Waals surface area (Å²) in [5, 5.41) is 0. The number of hydrogen-bond donors (Lipinski definition) is 3. The minimum atomic E-state index is -3.92. The zero-order valence-electron chi connectivity index (χ0n) is 13.5. The summed E-state index contributed by atoms with van der Waals surface area (Å²) in [6.07, 6.45) is 0.958. The summed E-state index contributed by atoms with van der Waals surface area (Å²) in [5.74, 6) is 1.05. The second-order valence-electron chi connectivity index (χ2n) is 5.48. The van der Waals surface area contributed by atoms with E-state index in [-0.39, 0.29) is 0 Å². The summed E-state index contributed by atoms with van der Waals surface area (Å²) in [5.41, 5.74) is 6.88. The number of para-hydroxylation sites is 1. The zero-order chi connectivity index (χ0) is 17.9. The Labute approximate surface area is 143 Å². The van der Waals surface area contributed by atoms with Gasteiger partial charge in [-0.15, -0.1) is 0 Å². The number of hydrogen-bond acceptors (Lipinski definition) is 7. The first kappa shape index (κ1) is 17.3. The Kier molecular flexibility index (Phi) is 4.98. The highest BCUT2D eigenvalue weighted by Gasteiger charge is 2.23. The molecule has 0 saturated carbocycles. The fraction of sp³-hybridized carbons (Fsp3) is 0.267. The van der Waals surface area contributed by atoms with Crippen LogP contribution in [0.1, 0.15) is 12.7 Å². The third-order valence-corrected chi connectivity index (χ3v) is 4.31. The number of aromatic nitrogens is 4. The molecule has 0 aliphatic heterocycles. The van der Waals surface area contributed by atoms with Crippen LogP contribution in [0.15, 0.2) is 36.7 Å². The maximum Gasteiger partial charge on any atom is 0.402 e. The van der Waals surface area contributed by atoms with Gasteiger partial charge in [-0.25, -0.2) is 19.5 Å². The van der Waals surface area contributed by atoms with Crippen LogP contribution in [-0.2, 0) is 15.7 Å². The molecule has 0 bridgehead atoms. The van der Waals surface area contributed by atoms with Crippen LogP contribution >= 0.6 is 7.60 Å². The Morgan fingerprint density at radius 2 is 2.08 bits per heavy atom. The van der Waals surface area contributed by atoms with Gasteiger partial charge in [-0.1, -0.05) is 18.2 Å². The summed E-state index contributed by atoms with van der Waals surface area (Å²) in [7, 11) is -3.92. The molecule has 2 atom stereocenters. The van der Waals surface area contributed by atoms with Crippen molar-refractivity contribution in [1.29, 1.82) is 0 Å². The van der Waals surface area contributed by atoms with E-state index in [0.29, 0.717) is 35.0 Å². The van der Waals surface area contributed by atoms with Crippen molar-refractivity contribution in [2.45, 2.75) is 19.4 Å². The van der Waals surface area contributed by atoms with E-state index in [0.717, 1.165) is 0 Å². The number of rotatable bonds is 7. The molecule has 3 rings (SSSR count). The lowest BCUT2D eigenvalue weighted by atomic mass is 10.2. The van der Waals surface area contributed by atoms with E-state index in [2.05, 4.69) is 19.9 Å². The average Bonchev–Trinajstić information content (AvgIpc) is 3.03. The van der Waals surface area contributed by atoms with Crippen LogP contribution in [0.25, 0.3) is 11.2 Å². The van der Waals surface area contributed by atoms with E-state index in [1.807, 2.05) is 0 Å². The number of nitrogen functional groups attached to an aromatic ring is 1. The van der Waals surface area contributed by atoms with E-state index in [4.69, 9.17) is 15.0 Å². The number of imidazole rings is 1. The van der Waals surface area contributed by atoms with Gasteiger partial charge in [-0.2, -0.15) is 0 Å². The fourth-order valence-electron chi connectivity index (χ4n) is 2.20. The van der Waals surface area contributed by atoms with Crippen molar-refractivity contribution in [3.63, 3.8) is 0 Å². The molecule has 4 N–H and O–H groups in total. The van der Waals surface area contributed by atoms with Crippen LogP contribution in [0.5, 0.6) is 5.75 Å². The molecule has 132 valence electrons. The fourth-order valence-corrected chi connectivity index (χ4v) is 3.15. The van der Waals surface area contributed by atoms with Gasteiger partial charge in [-0.3, -0.25) is 0 Å². The second-order valence-corrected chi connectivity index (χ2v) is 7.19. The van der Waals surface area contributed by atoms with Gasteiger partial charge in [0, 0.05) is 6.42 Å². The highest BCUT2D eigenvalue weighted by molar-refractivity contribution is 7.53. The summed E-state index contributed by atoms with van der Waals surface area (Å²) < 4.78 is 22.6. The minimum absolute atomic E-state index is 0.296. The average molecular weight is 363 g/mol. The molecule has 1 aromatic carbocycles. The van der Waals surface area contributed by atoms with Gasteiger partial charge in [0.25, 0.3) is 0 Å². The number of benzene rings is 1. The maximum atomic E-state index is 12.1. The van der Waals surface area contributed by atoms with E-state index < -0.39 is 20.0 Å². The Morgan fingerprint density at radius 1 is 1.32 bits per heavy atom. The lowest BCUT2D eigenvalue weighted by Gasteiger charge is -2.17. The normalized spacial score (nSPS) is 15.0. The van der Waals surface area contributed by atoms with Gasteiger partial charge in [-0.05, 0) is 19.1 Å². The minimum Gasteiger partial charge on any atom is -0.423 e. The Morgan fingerprint density at radius 3 is 2.84 bits per heavy atom. The number of fused-ring (bicyclic) bond motifs is 1. The van der Waals surface area contributed by atoms with Gasteiger partial charge in [0.15, 0.2) is 17.8 Å². The number of nitrogens with one attached hydrogen (secondary N) is 1. The van der Waals surface area contributed by atoms with Gasteiger partial charge < -0.3 is 24.9 Å². The van der Waals surface area contributed by atoms with Crippen LogP contribution in [0, 0.1) is 0 Å². The van der Waals surface area contributed by atoms with Crippen LogP contribution in [-0.4, -0.2) is 37.3 Å². The van der Waals surface area contributed by atoms with Gasteiger partial charge >= 0.3 is 7.60 Å². The van der Waals surface area contributed by atoms with Gasteiger partial charge in [0.1, 0.15) is 17.1 Å². The van der Waals surface area contributed by atoms with Gasteiger partial charge in [0.05, 0.1) is 12.4 Å². The molecule has 0 saturated heterocycles. The van der Waals surface area contributed by atoms with Crippen molar-refractivity contribution in [3.8, 4) is 5.75 Å². The van der Waals surface area contributed by atoms with E-state index in [1.165, 1.54) is 6.33 Å². The predicted molar refractivity (Wildman–Crippen MR) is 92.1 cm³/mol. The molecule has 0 aliphatic carbocycles. The molecular formula is C15H18N5O4P. The Bertz CT molecular complexity index is 901. The van der Waals surface area contributed by atoms with Crippen LogP contribution in [0.4, 0.5) is 5.82 Å². The topological polar surface area (TPSA) is 136 Å². The Hall–Kier alpha value is -2.48. The number of nitrogens with two attached hydrogens (primary N) is 1. The van der Waals surface area contributed by atoms with E-state index >= 15 is 0 Å². The lowest BCUT2D eigenvalue weighted by molar-refractivity contribution is 0.0882. The smallest absolute Gasteiger partial charge is 0.402 e. The summed E-state index contributed by atoms with van der Waals surface area (Å²) >= 11 is 0. The highest BCUT2D eigenvalue weighted by Crippen LogP contribution is 2.42. The molecule has 2 aromatic heterocycles. The molecular weight excluding hydrogens is 345 g/mol. The first-order valence-electron chi connectivity index (χ1n) is 7.56. The predicted octanol–water partition coefficient (Wildman–Crippen LogP) is 2.10. The molecule has 9 nitrogen and oxygen atoms in total. The number of H-pyrrole nitrogens is 1. The number of ether oxygens (including phenoxy) is 1. The van der Waals surface area contributed by atoms with Crippen molar-refractivity contribution in [2.75, 3.05) is 12.1 Å². The maximum absolute atomic E-state index is 12.1. The van der Waals surface area contributed by atoms with Crippen molar-refractivity contribution in [2.24, 2.45) is 0 Å². The third kappa shape index (κ3) is 4.54. The molecule has 0 radical (unpaired) electrons. The molecule has 1 unspecified atom stereocenters. The summed E-state index contributed by atoms with van der Waals surface area (Å²) in [6, 6.07) is 8.41. The van der Waals surface area contributed by atoms with E-state index in [9.17, 15) is 9.46 Å². The second kappa shape index (κ2) is 7.18. The molecule has 0 fully saturated rings. The molecule has 10 heteroatoms. The van der Waals surface area contributed by atoms with Gasteiger partial charge in [0.2, 0.25) is 0 Å². The molecule has 0 aliphatic rings. The zero-order valence-corrected chi connectivity index (χ0v) is 14.4. The van der Waals surface area contributed by atoms with Crippen LogP contribution in [0.3, 0.4) is 0 Å². The number of anilines is 1. The highest BCUT2D eigenvalue weighted by atomic mass is 31.2. The quantitative estimate of drug-likeness (QED) is 0.543. The molecule has 2 heterocycles.